The van der Waals surface area contributed by atoms with Crippen LogP contribution in [0.3, 0.4) is 0 Å². The number of hydrogen-bond acceptors (Lipinski definition) is 7. The van der Waals surface area contributed by atoms with Crippen molar-refractivity contribution in [1.82, 2.24) is 24.4 Å². The van der Waals surface area contributed by atoms with Gasteiger partial charge in [0, 0.05) is 35.9 Å². The van der Waals surface area contributed by atoms with Crippen LogP contribution in [-0.2, 0) is 27.8 Å². The molecular weight excluding hydrogens is 632 g/mol. The minimum atomic E-state index is -3.59. The van der Waals surface area contributed by atoms with Gasteiger partial charge in [-0.3, -0.25) is 14.2 Å². The van der Waals surface area contributed by atoms with E-state index >= 15 is 0 Å². The van der Waals surface area contributed by atoms with Gasteiger partial charge in [-0.1, -0.05) is 54.0 Å². The number of nitrogens with one attached hydrogen (secondary N) is 1. The third kappa shape index (κ3) is 6.94. The molecule has 0 spiro atoms. The number of nitrogens with zero attached hydrogens (tertiary/aromatic N) is 5. The van der Waals surface area contributed by atoms with Gasteiger partial charge in [-0.05, 0) is 79.8 Å². The molecule has 45 heavy (non-hydrogen) atoms. The van der Waals surface area contributed by atoms with Gasteiger partial charge < -0.3 is 10.2 Å². The minimum Gasteiger partial charge on any atom is -0.345 e. The topological polar surface area (TPSA) is 117 Å². The van der Waals surface area contributed by atoms with Crippen LogP contribution in [0.5, 0.6) is 0 Å². The fraction of sp³-hybridized carbons (Fsp3) is 0.312. The van der Waals surface area contributed by atoms with Gasteiger partial charge in [0.1, 0.15) is 0 Å². The third-order valence-electron chi connectivity index (χ3n) is 7.98. The Balaban J connectivity index is 1.16. The van der Waals surface area contributed by atoms with E-state index in [-0.39, 0.29) is 29.0 Å². The highest BCUT2D eigenvalue weighted by atomic mass is 35.5. The van der Waals surface area contributed by atoms with Gasteiger partial charge in [0.2, 0.25) is 15.9 Å². The average molecular weight is 665 g/mol. The van der Waals surface area contributed by atoms with Crippen molar-refractivity contribution in [3.05, 3.63) is 94.8 Å². The lowest BCUT2D eigenvalue weighted by atomic mass is 10.0. The number of halogens is 1. The van der Waals surface area contributed by atoms with Crippen LogP contribution in [0.4, 0.5) is 5.69 Å². The second-order valence-corrected chi connectivity index (χ2v) is 14.3. The molecule has 2 aliphatic rings. The fourth-order valence-electron chi connectivity index (χ4n) is 5.67. The van der Waals surface area contributed by atoms with E-state index in [9.17, 15) is 18.0 Å². The monoisotopic (exact) mass is 664 g/mol. The summed E-state index contributed by atoms with van der Waals surface area (Å²) in [6, 6.07) is 21.1. The maximum absolute atomic E-state index is 13.3. The second-order valence-electron chi connectivity index (χ2n) is 11.0. The summed E-state index contributed by atoms with van der Waals surface area (Å²) in [5, 5.41) is 12.6. The van der Waals surface area contributed by atoms with E-state index in [0.717, 1.165) is 37.8 Å². The number of para-hydroxylation sites is 1. The van der Waals surface area contributed by atoms with Crippen LogP contribution < -0.4 is 10.2 Å². The predicted octanol–water partition coefficient (Wildman–Crippen LogP) is 5.10. The van der Waals surface area contributed by atoms with Gasteiger partial charge in [0.25, 0.3) is 5.91 Å². The molecule has 3 heterocycles. The molecule has 2 aliphatic heterocycles. The van der Waals surface area contributed by atoms with E-state index in [1.807, 2.05) is 35.2 Å². The van der Waals surface area contributed by atoms with Crippen molar-refractivity contribution in [1.29, 1.82) is 0 Å². The van der Waals surface area contributed by atoms with Crippen molar-refractivity contribution in [3.63, 3.8) is 0 Å². The molecule has 10 nitrogen and oxygen atoms in total. The standard InChI is InChI=1S/C32H33ClN6O4S2/c33-25-10-6-11-26(20-25)39-29(35-36-32(39)44-22-30(40)38-19-7-9-23-8-2-3-12-28(23)38)21-34-31(41)24-13-15-27(16-14-24)45(42,43)37-17-4-1-5-18-37/h2-3,6,8,10-16,20H,1,4-5,7,9,17-19,21-22H2,(H,34,41). The highest BCUT2D eigenvalue weighted by Gasteiger charge is 2.27. The Labute approximate surface area is 271 Å². The number of amides is 2. The molecule has 0 atom stereocenters. The Kier molecular flexibility index (Phi) is 9.55. The Morgan fingerprint density at radius 3 is 2.44 bits per heavy atom. The van der Waals surface area contributed by atoms with E-state index in [2.05, 4.69) is 21.6 Å². The van der Waals surface area contributed by atoms with Gasteiger partial charge in [-0.15, -0.1) is 10.2 Å². The summed E-state index contributed by atoms with van der Waals surface area (Å²) in [5.74, 6) is 0.207. The molecule has 2 amide bonds. The SMILES string of the molecule is O=C(NCc1nnc(SCC(=O)N2CCCc3ccccc32)n1-c1cccc(Cl)c1)c1ccc(S(=O)(=O)N2CCCCC2)cc1. The number of aromatic nitrogens is 3. The first-order valence-electron chi connectivity index (χ1n) is 14.9. The van der Waals surface area contributed by atoms with E-state index in [1.165, 1.54) is 45.9 Å². The quantitative estimate of drug-likeness (QED) is 0.248. The molecule has 234 valence electrons. The maximum Gasteiger partial charge on any atom is 0.251 e. The van der Waals surface area contributed by atoms with Crippen LogP contribution in [0.15, 0.2) is 82.8 Å². The Hall–Kier alpha value is -3.71. The number of sulfonamides is 1. The number of carbonyl (C=O) groups is 2. The number of carbonyl (C=O) groups excluding carboxylic acids is 2. The zero-order chi connectivity index (χ0) is 31.4. The Bertz CT molecular complexity index is 1810. The summed E-state index contributed by atoms with van der Waals surface area (Å²) in [7, 11) is -3.59. The number of fused-ring (bicyclic) bond motifs is 1. The van der Waals surface area contributed by atoms with Gasteiger partial charge in [0.05, 0.1) is 22.9 Å². The minimum absolute atomic E-state index is 0.0200. The first-order valence-corrected chi connectivity index (χ1v) is 17.7. The van der Waals surface area contributed by atoms with Crippen molar-refractivity contribution in [2.75, 3.05) is 30.3 Å². The normalized spacial score (nSPS) is 15.4. The van der Waals surface area contributed by atoms with Gasteiger partial charge in [-0.25, -0.2) is 8.42 Å². The van der Waals surface area contributed by atoms with Crippen molar-refractivity contribution in [3.8, 4) is 5.69 Å². The number of aryl methyl sites for hydroxylation is 1. The number of thioether (sulfide) groups is 1. The maximum atomic E-state index is 13.3. The van der Waals surface area contributed by atoms with Crippen LogP contribution in [0.25, 0.3) is 5.69 Å². The summed E-state index contributed by atoms with van der Waals surface area (Å²) in [4.78, 5) is 28.4. The van der Waals surface area contributed by atoms with Crippen molar-refractivity contribution in [2.24, 2.45) is 0 Å². The molecule has 0 radical (unpaired) electrons. The van der Waals surface area contributed by atoms with E-state index in [0.29, 0.717) is 46.9 Å². The van der Waals surface area contributed by atoms with Crippen molar-refractivity contribution < 1.29 is 18.0 Å². The summed E-state index contributed by atoms with van der Waals surface area (Å²) < 4.78 is 29.3. The summed E-state index contributed by atoms with van der Waals surface area (Å²) in [6.45, 7) is 1.73. The van der Waals surface area contributed by atoms with Crippen molar-refractivity contribution in [2.45, 2.75) is 48.7 Å². The number of piperidine rings is 1. The smallest absolute Gasteiger partial charge is 0.251 e. The number of benzene rings is 3. The molecule has 0 bridgehead atoms. The van der Waals surface area contributed by atoms with E-state index < -0.39 is 10.0 Å². The van der Waals surface area contributed by atoms with Crippen LogP contribution in [0.1, 0.15) is 47.4 Å². The Morgan fingerprint density at radius 1 is 0.889 bits per heavy atom. The molecule has 1 N–H and O–H groups in total. The molecule has 1 fully saturated rings. The van der Waals surface area contributed by atoms with E-state index in [1.54, 1.807) is 16.7 Å². The van der Waals surface area contributed by atoms with Crippen LogP contribution in [-0.4, -0.2) is 64.7 Å². The lowest BCUT2D eigenvalue weighted by Crippen LogP contribution is -2.36. The zero-order valence-corrected chi connectivity index (χ0v) is 27.0. The zero-order valence-electron chi connectivity index (χ0n) is 24.6. The number of hydrogen-bond donors (Lipinski definition) is 1. The molecule has 6 rings (SSSR count). The fourth-order valence-corrected chi connectivity index (χ4v) is 8.22. The van der Waals surface area contributed by atoms with Gasteiger partial charge >= 0.3 is 0 Å². The summed E-state index contributed by atoms with van der Waals surface area (Å²) >= 11 is 7.58. The number of rotatable bonds is 9. The molecule has 1 saturated heterocycles. The van der Waals surface area contributed by atoms with Crippen LogP contribution in [0.2, 0.25) is 5.02 Å². The first kappa shape index (κ1) is 31.3. The molecular formula is C32H33ClN6O4S2. The van der Waals surface area contributed by atoms with Crippen molar-refractivity contribution >= 4 is 50.9 Å². The van der Waals surface area contributed by atoms with Crippen LogP contribution >= 0.6 is 23.4 Å². The second kappa shape index (κ2) is 13.7. The number of anilines is 1. The highest BCUT2D eigenvalue weighted by molar-refractivity contribution is 7.99. The lowest BCUT2D eigenvalue weighted by molar-refractivity contribution is -0.116. The van der Waals surface area contributed by atoms with Gasteiger partial charge in [-0.2, -0.15) is 4.31 Å². The molecule has 0 saturated carbocycles. The molecule has 0 aliphatic carbocycles. The highest BCUT2D eigenvalue weighted by Crippen LogP contribution is 2.29. The van der Waals surface area contributed by atoms with Crippen LogP contribution in [0, 0.1) is 0 Å². The molecule has 0 unspecified atom stereocenters. The molecule has 13 heteroatoms. The Morgan fingerprint density at radius 2 is 1.67 bits per heavy atom. The molecule has 3 aromatic carbocycles. The first-order chi connectivity index (χ1) is 21.8. The summed E-state index contributed by atoms with van der Waals surface area (Å²) in [6.07, 6.45) is 4.59. The largest absolute Gasteiger partial charge is 0.345 e. The lowest BCUT2D eigenvalue weighted by Gasteiger charge is -2.29. The van der Waals surface area contributed by atoms with Gasteiger partial charge in [0.15, 0.2) is 11.0 Å². The predicted molar refractivity (Wildman–Crippen MR) is 174 cm³/mol. The van der Waals surface area contributed by atoms with E-state index in [4.69, 9.17) is 11.6 Å². The molecule has 1 aromatic heterocycles. The third-order valence-corrected chi connectivity index (χ3v) is 11.0. The average Bonchev–Trinajstić information content (AvgIpc) is 3.49. The summed E-state index contributed by atoms with van der Waals surface area (Å²) in [5.41, 5.74) is 3.14. The molecule has 4 aromatic rings.